The maximum atomic E-state index is 12.4. The Morgan fingerprint density at radius 1 is 1.26 bits per heavy atom. The number of aromatic nitrogens is 5. The van der Waals surface area contributed by atoms with E-state index in [0.717, 1.165) is 0 Å². The van der Waals surface area contributed by atoms with Crippen LogP contribution in [0.15, 0.2) is 36.9 Å². The summed E-state index contributed by atoms with van der Waals surface area (Å²) in [5, 5.41) is 6.77. The fourth-order valence-electron chi connectivity index (χ4n) is 3.14. The van der Waals surface area contributed by atoms with E-state index >= 15 is 0 Å². The van der Waals surface area contributed by atoms with E-state index in [4.69, 9.17) is 0 Å². The predicted molar refractivity (Wildman–Crippen MR) is 101 cm³/mol. The molecule has 0 aromatic carbocycles. The molecular weight excluding hydrogens is 423 g/mol. The molecule has 0 saturated heterocycles. The van der Waals surface area contributed by atoms with Gasteiger partial charge in [0.15, 0.2) is 0 Å². The zero-order valence-electron chi connectivity index (χ0n) is 15.7. The average Bonchev–Trinajstić information content (AvgIpc) is 3.33. The Kier molecular flexibility index (Phi) is 5.29. The van der Waals surface area contributed by atoms with Gasteiger partial charge in [0.25, 0.3) is 12.3 Å². The van der Waals surface area contributed by atoms with Gasteiger partial charge in [0.1, 0.15) is 11.5 Å². The molecule has 162 valence electrons. The van der Waals surface area contributed by atoms with Gasteiger partial charge >= 0.3 is 6.18 Å². The number of pyridine rings is 1. The number of halogens is 5. The van der Waals surface area contributed by atoms with Crippen molar-refractivity contribution in [3.05, 3.63) is 48.3 Å². The Labute approximate surface area is 171 Å². The summed E-state index contributed by atoms with van der Waals surface area (Å²) in [5.41, 5.74) is 2.24. The fraction of sp³-hybridized carbons (Fsp3) is 0.263. The van der Waals surface area contributed by atoms with Crippen LogP contribution in [0, 0.1) is 0 Å². The first kappa shape index (κ1) is 20.7. The molecule has 0 aliphatic heterocycles. The van der Waals surface area contributed by atoms with E-state index < -0.39 is 31.5 Å². The minimum Gasteiger partial charge on any atom is -0.346 e. The third-order valence-corrected chi connectivity index (χ3v) is 4.61. The Bertz CT molecular complexity index is 1250. The largest absolute Gasteiger partial charge is 0.389 e. The summed E-state index contributed by atoms with van der Waals surface area (Å²) in [4.78, 5) is 23.3. The zero-order chi connectivity index (χ0) is 22.2. The maximum absolute atomic E-state index is 12.4. The van der Waals surface area contributed by atoms with Crippen molar-refractivity contribution in [3.63, 3.8) is 0 Å². The van der Waals surface area contributed by atoms with Gasteiger partial charge in [0, 0.05) is 36.0 Å². The topological polar surface area (TPSA) is 88.0 Å². The summed E-state index contributed by atoms with van der Waals surface area (Å²) in [6.45, 7) is -0.772. The van der Waals surface area contributed by atoms with E-state index in [1.807, 2.05) is 0 Å². The molecule has 0 fully saturated rings. The first-order valence-corrected chi connectivity index (χ1v) is 9.15. The number of fused-ring (bicyclic) bond motifs is 2. The molecule has 0 aliphatic rings. The summed E-state index contributed by atoms with van der Waals surface area (Å²) in [6, 6.07) is 3.38. The zero-order valence-corrected chi connectivity index (χ0v) is 15.7. The van der Waals surface area contributed by atoms with Crippen molar-refractivity contribution in [2.24, 2.45) is 0 Å². The standard InChI is InChI=1S/C19H15F5N6O/c20-15(21)9-27-18(31)13-8-28-30-4-2-10(5-14(13)30)11-6-26-17-12(11)7-25-16(29-17)1-3-19(22,23)24/h2,4-8,15H,1,3,9H2,(H,27,31)(H,25,26,29). The van der Waals surface area contributed by atoms with E-state index in [-0.39, 0.29) is 17.8 Å². The number of hydrogen-bond donors (Lipinski definition) is 2. The minimum atomic E-state index is -4.29. The summed E-state index contributed by atoms with van der Waals surface area (Å²) in [6.07, 6.45) is -2.35. The lowest BCUT2D eigenvalue weighted by atomic mass is 10.1. The van der Waals surface area contributed by atoms with Crippen LogP contribution in [0.4, 0.5) is 22.0 Å². The van der Waals surface area contributed by atoms with Crippen molar-refractivity contribution >= 4 is 22.5 Å². The van der Waals surface area contributed by atoms with Crippen LogP contribution in [0.1, 0.15) is 22.6 Å². The van der Waals surface area contributed by atoms with Gasteiger partial charge in [-0.1, -0.05) is 0 Å². The number of amides is 1. The second-order valence-electron chi connectivity index (χ2n) is 6.77. The normalized spacial score (nSPS) is 12.2. The van der Waals surface area contributed by atoms with E-state index in [0.29, 0.717) is 27.7 Å². The first-order chi connectivity index (χ1) is 14.7. The molecule has 2 N–H and O–H groups in total. The number of aromatic amines is 1. The highest BCUT2D eigenvalue weighted by Crippen LogP contribution is 2.29. The molecule has 7 nitrogen and oxygen atoms in total. The van der Waals surface area contributed by atoms with E-state index in [1.165, 1.54) is 16.9 Å². The van der Waals surface area contributed by atoms with Gasteiger partial charge in [-0.05, 0) is 17.7 Å². The molecule has 4 heterocycles. The number of rotatable bonds is 6. The van der Waals surface area contributed by atoms with Gasteiger partial charge in [-0.3, -0.25) is 4.79 Å². The van der Waals surface area contributed by atoms with Crippen LogP contribution in [-0.4, -0.2) is 49.6 Å². The van der Waals surface area contributed by atoms with E-state index in [1.54, 1.807) is 24.5 Å². The fourth-order valence-corrected chi connectivity index (χ4v) is 3.14. The highest BCUT2D eigenvalue weighted by Gasteiger charge is 2.27. The van der Waals surface area contributed by atoms with Crippen LogP contribution in [0.25, 0.3) is 27.7 Å². The lowest BCUT2D eigenvalue weighted by Crippen LogP contribution is -2.28. The molecule has 0 unspecified atom stereocenters. The summed E-state index contributed by atoms with van der Waals surface area (Å²) in [7, 11) is 0. The molecule has 0 radical (unpaired) electrons. The van der Waals surface area contributed by atoms with Gasteiger partial charge in [0.05, 0.1) is 30.2 Å². The monoisotopic (exact) mass is 438 g/mol. The molecule has 1 amide bonds. The minimum absolute atomic E-state index is 0.0717. The van der Waals surface area contributed by atoms with Crippen LogP contribution >= 0.6 is 0 Å². The molecule has 0 spiro atoms. The first-order valence-electron chi connectivity index (χ1n) is 9.15. The molecule has 4 rings (SSSR count). The predicted octanol–water partition coefficient (Wildman–Crippen LogP) is 3.76. The Morgan fingerprint density at radius 2 is 2.06 bits per heavy atom. The number of nitrogens with zero attached hydrogens (tertiary/aromatic N) is 4. The molecule has 0 bridgehead atoms. The number of aryl methyl sites for hydroxylation is 1. The van der Waals surface area contributed by atoms with Gasteiger partial charge in [0.2, 0.25) is 0 Å². The molecule has 0 saturated carbocycles. The Morgan fingerprint density at radius 3 is 2.81 bits per heavy atom. The number of carbonyl (C=O) groups excluding carboxylic acids is 1. The Hall–Kier alpha value is -3.57. The van der Waals surface area contributed by atoms with Gasteiger partial charge in [-0.2, -0.15) is 18.3 Å². The molecule has 4 aromatic heterocycles. The number of alkyl halides is 5. The van der Waals surface area contributed by atoms with E-state index in [9.17, 15) is 26.7 Å². The van der Waals surface area contributed by atoms with Crippen LogP contribution < -0.4 is 5.32 Å². The summed E-state index contributed by atoms with van der Waals surface area (Å²) in [5.74, 6) is -0.605. The highest BCUT2D eigenvalue weighted by molar-refractivity contribution is 6.02. The van der Waals surface area contributed by atoms with Crippen LogP contribution in [0.2, 0.25) is 0 Å². The number of hydrogen-bond acceptors (Lipinski definition) is 4. The maximum Gasteiger partial charge on any atom is 0.389 e. The number of H-pyrrole nitrogens is 1. The van der Waals surface area contributed by atoms with E-state index in [2.05, 4.69) is 25.4 Å². The molecule has 4 aromatic rings. The van der Waals surface area contributed by atoms with Crippen molar-refractivity contribution in [2.75, 3.05) is 6.54 Å². The van der Waals surface area contributed by atoms with Crippen LogP contribution in [0.3, 0.4) is 0 Å². The van der Waals surface area contributed by atoms with Crippen LogP contribution in [0.5, 0.6) is 0 Å². The quantitative estimate of drug-likeness (QED) is 0.449. The van der Waals surface area contributed by atoms with Gasteiger partial charge in [-0.25, -0.2) is 23.3 Å². The van der Waals surface area contributed by atoms with Crippen molar-refractivity contribution in [3.8, 4) is 11.1 Å². The molecular formula is C19H15F5N6O. The molecule has 0 atom stereocenters. The van der Waals surface area contributed by atoms with Crippen molar-refractivity contribution in [2.45, 2.75) is 25.4 Å². The number of nitrogens with one attached hydrogen (secondary N) is 2. The molecule has 31 heavy (non-hydrogen) atoms. The summed E-state index contributed by atoms with van der Waals surface area (Å²) < 4.78 is 63.5. The molecule has 12 heteroatoms. The van der Waals surface area contributed by atoms with Gasteiger partial charge < -0.3 is 10.3 Å². The lowest BCUT2D eigenvalue weighted by molar-refractivity contribution is -0.134. The van der Waals surface area contributed by atoms with Crippen molar-refractivity contribution < 1.29 is 26.7 Å². The molecule has 0 aliphatic carbocycles. The van der Waals surface area contributed by atoms with Crippen molar-refractivity contribution in [1.82, 2.24) is 29.9 Å². The SMILES string of the molecule is O=C(NCC(F)F)c1cnn2ccc(-c3c[nH]c4nc(CCC(F)(F)F)ncc34)cc12. The van der Waals surface area contributed by atoms with Crippen LogP contribution in [-0.2, 0) is 6.42 Å². The third kappa shape index (κ3) is 4.47. The lowest BCUT2D eigenvalue weighted by Gasteiger charge is -2.06. The van der Waals surface area contributed by atoms with Crippen molar-refractivity contribution in [1.29, 1.82) is 0 Å². The Balaban J connectivity index is 1.65. The van der Waals surface area contributed by atoms with Gasteiger partial charge in [-0.15, -0.1) is 0 Å². The second kappa shape index (κ2) is 7.93. The highest BCUT2D eigenvalue weighted by atomic mass is 19.4. The average molecular weight is 438 g/mol. The smallest absolute Gasteiger partial charge is 0.346 e. The number of carbonyl (C=O) groups is 1. The third-order valence-electron chi connectivity index (χ3n) is 4.61. The summed E-state index contributed by atoms with van der Waals surface area (Å²) >= 11 is 0. The second-order valence-corrected chi connectivity index (χ2v) is 6.77.